The summed E-state index contributed by atoms with van der Waals surface area (Å²) in [5, 5.41) is 3.90. The highest BCUT2D eigenvalue weighted by Gasteiger charge is 2.11. The van der Waals surface area contributed by atoms with Crippen LogP contribution < -0.4 is 10.2 Å². The molecule has 1 N–H and O–H groups in total. The lowest BCUT2D eigenvalue weighted by atomic mass is 10.2. The summed E-state index contributed by atoms with van der Waals surface area (Å²) in [4.78, 5) is 12.2. The van der Waals surface area contributed by atoms with Crippen LogP contribution in [-0.2, 0) is 6.61 Å². The third kappa shape index (κ3) is 5.68. The molecule has 0 spiro atoms. The number of hydrogen-bond acceptors (Lipinski definition) is 4. The van der Waals surface area contributed by atoms with Gasteiger partial charge >= 0.3 is 5.91 Å². The molecule has 6 nitrogen and oxygen atoms in total. The Hall–Kier alpha value is -4.32. The number of furan rings is 1. The van der Waals surface area contributed by atoms with Crippen molar-refractivity contribution in [3.63, 3.8) is 0 Å². The van der Waals surface area contributed by atoms with Gasteiger partial charge in [0.1, 0.15) is 18.1 Å². The predicted molar refractivity (Wildman–Crippen MR) is 130 cm³/mol. The number of hydrogen-bond donors (Lipinski definition) is 1. The van der Waals surface area contributed by atoms with E-state index in [0.29, 0.717) is 5.76 Å². The quantitative estimate of drug-likeness (QED) is 0.283. The van der Waals surface area contributed by atoms with Gasteiger partial charge in [-0.15, -0.1) is 0 Å². The number of rotatable bonds is 8. The third-order valence-electron chi connectivity index (χ3n) is 5.05. The Kier molecular flexibility index (Phi) is 6.85. The van der Waals surface area contributed by atoms with E-state index in [-0.39, 0.29) is 12.4 Å². The number of nitrogens with one attached hydrogen (secondary N) is 1. The van der Waals surface area contributed by atoms with Crippen molar-refractivity contribution < 1.29 is 13.9 Å². The van der Waals surface area contributed by atoms with Gasteiger partial charge in [-0.05, 0) is 74.0 Å². The maximum absolute atomic E-state index is 12.2. The maximum atomic E-state index is 12.2. The van der Waals surface area contributed by atoms with E-state index in [0.717, 1.165) is 17.0 Å². The van der Waals surface area contributed by atoms with E-state index in [1.165, 1.54) is 17.6 Å². The molecule has 0 saturated carbocycles. The molecule has 0 fully saturated rings. The molecule has 0 radical (unpaired) electrons. The molecule has 0 atom stereocenters. The Bertz CT molecular complexity index is 1250. The van der Waals surface area contributed by atoms with Crippen molar-refractivity contribution in [2.24, 2.45) is 5.10 Å². The molecule has 1 amide bonds. The number of carbonyl (C=O) groups is 1. The fourth-order valence-corrected chi connectivity index (χ4v) is 3.41. The highest BCUT2D eigenvalue weighted by molar-refractivity contribution is 5.92. The van der Waals surface area contributed by atoms with Crippen molar-refractivity contribution in [2.75, 3.05) is 0 Å². The first-order chi connectivity index (χ1) is 16.1. The summed E-state index contributed by atoms with van der Waals surface area (Å²) in [6.45, 7) is 4.38. The van der Waals surface area contributed by atoms with Crippen molar-refractivity contribution in [1.29, 1.82) is 0 Å². The Morgan fingerprint density at radius 2 is 1.70 bits per heavy atom. The van der Waals surface area contributed by atoms with Gasteiger partial charge in [-0.25, -0.2) is 5.43 Å². The average molecular weight is 440 g/mol. The Balaban J connectivity index is 1.27. The molecule has 2 heterocycles. The first-order valence-corrected chi connectivity index (χ1v) is 10.6. The van der Waals surface area contributed by atoms with Gasteiger partial charge in [-0.2, -0.15) is 5.10 Å². The predicted octanol–water partition coefficient (Wildman–Crippen LogP) is 5.70. The molecule has 4 aromatic rings. The number of hydrazone groups is 1. The van der Waals surface area contributed by atoms with Crippen LogP contribution in [0.2, 0.25) is 0 Å². The van der Waals surface area contributed by atoms with Crippen LogP contribution in [0.25, 0.3) is 11.8 Å². The van der Waals surface area contributed by atoms with Gasteiger partial charge in [0.25, 0.3) is 0 Å². The van der Waals surface area contributed by atoms with Gasteiger partial charge in [0.15, 0.2) is 5.76 Å². The Morgan fingerprint density at radius 3 is 2.42 bits per heavy atom. The largest absolute Gasteiger partial charge is 0.486 e. The molecule has 4 rings (SSSR count). The van der Waals surface area contributed by atoms with Crippen molar-refractivity contribution >= 4 is 18.2 Å². The summed E-state index contributed by atoms with van der Waals surface area (Å²) in [7, 11) is 0. The molecule has 6 heteroatoms. The standard InChI is InChI=1S/C27H25N3O3/c1-20-10-11-21(2)30(20)23-12-14-24(15-13-23)32-19-25-16-17-26(33-25)27(31)29-28-18-6-9-22-7-4-3-5-8-22/h3-18H,19H2,1-2H3,(H,29,31)/b9-6+,28-18+. The van der Waals surface area contributed by atoms with E-state index >= 15 is 0 Å². The Morgan fingerprint density at radius 1 is 0.970 bits per heavy atom. The number of ether oxygens (including phenoxy) is 1. The molecule has 0 saturated heterocycles. The molecule has 2 aromatic heterocycles. The van der Waals surface area contributed by atoms with Gasteiger partial charge in [0, 0.05) is 23.3 Å². The molecule has 2 aromatic carbocycles. The van der Waals surface area contributed by atoms with Gasteiger partial charge in [-0.3, -0.25) is 4.79 Å². The lowest BCUT2D eigenvalue weighted by molar-refractivity contribution is 0.0923. The van der Waals surface area contributed by atoms with Gasteiger partial charge in [-0.1, -0.05) is 36.4 Å². The molecular weight excluding hydrogens is 414 g/mol. The summed E-state index contributed by atoms with van der Waals surface area (Å²) in [6.07, 6.45) is 5.16. The summed E-state index contributed by atoms with van der Waals surface area (Å²) in [5.41, 5.74) is 6.94. The number of aromatic nitrogens is 1. The molecule has 166 valence electrons. The van der Waals surface area contributed by atoms with E-state index < -0.39 is 5.91 Å². The maximum Gasteiger partial charge on any atom is 0.307 e. The minimum Gasteiger partial charge on any atom is -0.486 e. The lowest BCUT2D eigenvalue weighted by Crippen LogP contribution is -2.16. The van der Waals surface area contributed by atoms with Crippen LogP contribution in [0.1, 0.15) is 33.3 Å². The summed E-state index contributed by atoms with van der Waals surface area (Å²) < 4.78 is 13.6. The Labute approximate surface area is 192 Å². The number of aryl methyl sites for hydroxylation is 2. The minimum absolute atomic E-state index is 0.173. The summed E-state index contributed by atoms with van der Waals surface area (Å²) in [5.74, 6) is 1.02. The van der Waals surface area contributed by atoms with Gasteiger partial charge in [0.05, 0.1) is 0 Å². The van der Waals surface area contributed by atoms with E-state index in [4.69, 9.17) is 9.15 Å². The highest BCUT2D eigenvalue weighted by Crippen LogP contribution is 2.21. The van der Waals surface area contributed by atoms with Crippen LogP contribution >= 0.6 is 0 Å². The zero-order valence-corrected chi connectivity index (χ0v) is 18.6. The van der Waals surface area contributed by atoms with E-state index in [2.05, 4.69) is 41.1 Å². The molecule has 0 unspecified atom stereocenters. The molecule has 0 aliphatic carbocycles. The number of allylic oxidation sites excluding steroid dienone is 1. The van der Waals surface area contributed by atoms with Gasteiger partial charge < -0.3 is 13.7 Å². The van der Waals surface area contributed by atoms with Crippen molar-refractivity contribution in [3.8, 4) is 11.4 Å². The molecule has 0 aliphatic heterocycles. The second-order valence-electron chi connectivity index (χ2n) is 7.49. The van der Waals surface area contributed by atoms with Crippen LogP contribution in [0, 0.1) is 13.8 Å². The normalized spacial score (nSPS) is 11.3. The number of benzene rings is 2. The summed E-state index contributed by atoms with van der Waals surface area (Å²) >= 11 is 0. The molecule has 0 bridgehead atoms. The van der Waals surface area contributed by atoms with Crippen LogP contribution in [0.5, 0.6) is 5.75 Å². The van der Waals surface area contributed by atoms with E-state index in [9.17, 15) is 4.79 Å². The van der Waals surface area contributed by atoms with Crippen molar-refractivity contribution in [3.05, 3.63) is 113 Å². The second kappa shape index (κ2) is 10.3. The smallest absolute Gasteiger partial charge is 0.307 e. The first kappa shape index (κ1) is 21.9. The van der Waals surface area contributed by atoms with E-state index in [1.54, 1.807) is 18.2 Å². The second-order valence-corrected chi connectivity index (χ2v) is 7.49. The van der Waals surface area contributed by atoms with E-state index in [1.807, 2.05) is 60.7 Å². The number of nitrogens with zero attached hydrogens (tertiary/aromatic N) is 2. The highest BCUT2D eigenvalue weighted by atomic mass is 16.5. The summed E-state index contributed by atoms with van der Waals surface area (Å²) in [6, 6.07) is 25.2. The molecule has 0 aliphatic rings. The van der Waals surface area contributed by atoms with Crippen LogP contribution in [-0.4, -0.2) is 16.7 Å². The van der Waals surface area contributed by atoms with Crippen LogP contribution in [0.3, 0.4) is 0 Å². The van der Waals surface area contributed by atoms with Gasteiger partial charge in [0.2, 0.25) is 0 Å². The zero-order valence-electron chi connectivity index (χ0n) is 18.6. The lowest BCUT2D eigenvalue weighted by Gasteiger charge is -2.10. The fourth-order valence-electron chi connectivity index (χ4n) is 3.41. The third-order valence-corrected chi connectivity index (χ3v) is 5.05. The monoisotopic (exact) mass is 439 g/mol. The molecular formula is C27H25N3O3. The molecule has 33 heavy (non-hydrogen) atoms. The number of amides is 1. The van der Waals surface area contributed by atoms with Crippen LogP contribution in [0.15, 0.2) is 94.5 Å². The first-order valence-electron chi connectivity index (χ1n) is 10.6. The number of carbonyl (C=O) groups excluding carboxylic acids is 1. The van der Waals surface area contributed by atoms with Crippen molar-refractivity contribution in [2.45, 2.75) is 20.5 Å². The topological polar surface area (TPSA) is 68.8 Å². The fraction of sp³-hybridized carbons (Fsp3) is 0.111. The average Bonchev–Trinajstić information content (AvgIpc) is 3.45. The SMILES string of the molecule is Cc1ccc(C)n1-c1ccc(OCc2ccc(C(=O)N/N=C/C=C/c3ccccc3)o2)cc1. The van der Waals surface area contributed by atoms with Crippen LogP contribution in [0.4, 0.5) is 0 Å². The minimum atomic E-state index is -0.424. The van der Waals surface area contributed by atoms with Crippen molar-refractivity contribution in [1.82, 2.24) is 9.99 Å². The zero-order chi connectivity index (χ0) is 23.0.